The lowest BCUT2D eigenvalue weighted by atomic mass is 10.3. The van der Waals surface area contributed by atoms with Gasteiger partial charge in [-0.1, -0.05) is 18.2 Å². The Labute approximate surface area is 92.2 Å². The van der Waals surface area contributed by atoms with E-state index in [0.717, 1.165) is 11.3 Å². The second-order valence-corrected chi connectivity index (χ2v) is 5.12. The van der Waals surface area contributed by atoms with Crippen molar-refractivity contribution in [2.24, 2.45) is 0 Å². The number of rotatable bonds is 2. The molecule has 1 heterocycles. The van der Waals surface area contributed by atoms with Crippen molar-refractivity contribution in [3.05, 3.63) is 41.3 Å². The lowest BCUT2D eigenvalue weighted by Crippen LogP contribution is -2.03. The summed E-state index contributed by atoms with van der Waals surface area (Å²) >= 11 is 3.50. The minimum absolute atomic E-state index is 0.340. The number of nitriles is 1. The fourth-order valence-electron chi connectivity index (χ4n) is 1.25. The summed E-state index contributed by atoms with van der Waals surface area (Å²) in [7, 11) is 0. The summed E-state index contributed by atoms with van der Waals surface area (Å²) in [5.41, 5.74) is 0.906. The number of hydrogen-bond donors (Lipinski definition) is 0. The molecule has 70 valence electrons. The number of thioether (sulfide) groups is 2. The normalized spacial score (nSPS) is 20.2. The molecule has 0 spiro atoms. The predicted octanol–water partition coefficient (Wildman–Crippen LogP) is 3.30. The Morgan fingerprint density at radius 2 is 2.14 bits per heavy atom. The predicted molar refractivity (Wildman–Crippen MR) is 62.2 cm³/mol. The van der Waals surface area contributed by atoms with Crippen LogP contribution in [0.3, 0.4) is 0 Å². The number of benzene rings is 1. The van der Waals surface area contributed by atoms with Gasteiger partial charge in [0.1, 0.15) is 0 Å². The Hall–Kier alpha value is -0.850. The fourth-order valence-corrected chi connectivity index (χ4v) is 3.58. The fraction of sp³-hybridized carbons (Fsp3) is 0.182. The number of hydrogen-bond acceptors (Lipinski definition) is 3. The van der Waals surface area contributed by atoms with Crippen molar-refractivity contribution in [2.75, 3.05) is 5.75 Å². The van der Waals surface area contributed by atoms with Gasteiger partial charge in [0.15, 0.2) is 0 Å². The van der Waals surface area contributed by atoms with Crippen LogP contribution in [0.2, 0.25) is 0 Å². The van der Waals surface area contributed by atoms with Gasteiger partial charge < -0.3 is 0 Å². The summed E-state index contributed by atoms with van der Waals surface area (Å²) in [5, 5.41) is 11.2. The minimum atomic E-state index is 0.340. The highest BCUT2D eigenvalue weighted by Crippen LogP contribution is 2.35. The molecule has 0 aliphatic carbocycles. The average Bonchev–Trinajstić information content (AvgIpc) is 2.67. The van der Waals surface area contributed by atoms with E-state index in [-0.39, 0.29) is 0 Å². The summed E-state index contributed by atoms with van der Waals surface area (Å²) in [6.45, 7) is 0. The Kier molecular flexibility index (Phi) is 3.18. The van der Waals surface area contributed by atoms with Crippen molar-refractivity contribution >= 4 is 23.5 Å². The van der Waals surface area contributed by atoms with Crippen molar-refractivity contribution in [2.45, 2.75) is 10.1 Å². The first-order chi connectivity index (χ1) is 6.90. The van der Waals surface area contributed by atoms with Gasteiger partial charge in [-0.05, 0) is 17.5 Å². The molecule has 0 radical (unpaired) electrons. The van der Waals surface area contributed by atoms with Crippen molar-refractivity contribution < 1.29 is 0 Å². The second kappa shape index (κ2) is 4.59. The van der Waals surface area contributed by atoms with E-state index in [1.165, 1.54) is 4.90 Å². The Bertz CT molecular complexity index is 378. The molecule has 0 saturated heterocycles. The first-order valence-electron chi connectivity index (χ1n) is 4.33. The monoisotopic (exact) mass is 219 g/mol. The first-order valence-corrected chi connectivity index (χ1v) is 6.26. The molecule has 1 nitrogen and oxygen atoms in total. The van der Waals surface area contributed by atoms with Gasteiger partial charge in [-0.25, -0.2) is 0 Å². The maximum atomic E-state index is 8.87. The van der Waals surface area contributed by atoms with Crippen LogP contribution in [0.5, 0.6) is 0 Å². The SMILES string of the molecule is N#CC1=CSCC1Sc1ccccc1. The molecule has 1 aliphatic rings. The molecule has 0 amide bonds. The largest absolute Gasteiger partial charge is 0.193 e. The van der Waals surface area contributed by atoms with Crippen LogP contribution in [0.1, 0.15) is 0 Å². The van der Waals surface area contributed by atoms with Gasteiger partial charge in [0.05, 0.1) is 11.3 Å². The molecular weight excluding hydrogens is 210 g/mol. The van der Waals surface area contributed by atoms with Crippen molar-refractivity contribution in [3.63, 3.8) is 0 Å². The summed E-state index contributed by atoms with van der Waals surface area (Å²) in [6, 6.07) is 12.5. The van der Waals surface area contributed by atoms with Crippen LogP contribution in [0.4, 0.5) is 0 Å². The van der Waals surface area contributed by atoms with E-state index in [1.54, 1.807) is 23.5 Å². The van der Waals surface area contributed by atoms with E-state index >= 15 is 0 Å². The molecule has 0 fully saturated rings. The molecule has 1 aromatic rings. The summed E-state index contributed by atoms with van der Waals surface area (Å²) in [4.78, 5) is 1.24. The Morgan fingerprint density at radius 3 is 2.86 bits per heavy atom. The second-order valence-electron chi connectivity index (χ2n) is 2.94. The first kappa shape index (κ1) is 9.70. The highest BCUT2D eigenvalue weighted by Gasteiger charge is 2.20. The molecule has 0 bridgehead atoms. The van der Waals surface area contributed by atoms with Gasteiger partial charge in [0, 0.05) is 16.2 Å². The van der Waals surface area contributed by atoms with Crippen LogP contribution in [-0.2, 0) is 0 Å². The maximum Gasteiger partial charge on any atom is 0.0964 e. The van der Waals surface area contributed by atoms with Crippen LogP contribution >= 0.6 is 23.5 Å². The molecule has 1 aliphatic heterocycles. The summed E-state index contributed by atoms with van der Waals surface area (Å²) in [5.74, 6) is 1.02. The molecule has 14 heavy (non-hydrogen) atoms. The van der Waals surface area contributed by atoms with Crippen LogP contribution in [0, 0.1) is 11.3 Å². The molecule has 0 N–H and O–H groups in total. The van der Waals surface area contributed by atoms with E-state index in [4.69, 9.17) is 5.26 Å². The van der Waals surface area contributed by atoms with Gasteiger partial charge in [-0.3, -0.25) is 0 Å². The third-order valence-corrected chi connectivity index (χ3v) is 4.36. The van der Waals surface area contributed by atoms with Crippen LogP contribution in [0.15, 0.2) is 46.2 Å². The molecule has 2 rings (SSSR count). The van der Waals surface area contributed by atoms with Crippen LogP contribution < -0.4 is 0 Å². The van der Waals surface area contributed by atoms with E-state index in [9.17, 15) is 0 Å². The standard InChI is InChI=1S/C11H9NS2/c12-6-9-7-13-8-11(9)14-10-4-2-1-3-5-10/h1-5,7,11H,8H2. The zero-order valence-electron chi connectivity index (χ0n) is 7.51. The zero-order valence-corrected chi connectivity index (χ0v) is 9.15. The van der Waals surface area contributed by atoms with E-state index in [2.05, 4.69) is 18.2 Å². The Morgan fingerprint density at radius 1 is 1.36 bits per heavy atom. The molecular formula is C11H9NS2. The van der Waals surface area contributed by atoms with Gasteiger partial charge in [0.2, 0.25) is 0 Å². The van der Waals surface area contributed by atoms with Gasteiger partial charge in [-0.15, -0.1) is 23.5 Å². The van der Waals surface area contributed by atoms with Gasteiger partial charge >= 0.3 is 0 Å². The van der Waals surface area contributed by atoms with E-state index in [1.807, 2.05) is 23.6 Å². The molecule has 1 aromatic carbocycles. The van der Waals surface area contributed by atoms with Crippen molar-refractivity contribution in [3.8, 4) is 6.07 Å². The van der Waals surface area contributed by atoms with Crippen LogP contribution in [0.25, 0.3) is 0 Å². The molecule has 0 aromatic heterocycles. The average molecular weight is 219 g/mol. The topological polar surface area (TPSA) is 23.8 Å². The highest BCUT2D eigenvalue weighted by atomic mass is 32.2. The highest BCUT2D eigenvalue weighted by molar-refractivity contribution is 8.05. The smallest absolute Gasteiger partial charge is 0.0964 e. The lowest BCUT2D eigenvalue weighted by molar-refractivity contribution is 1.21. The van der Waals surface area contributed by atoms with Crippen LogP contribution in [-0.4, -0.2) is 11.0 Å². The molecule has 3 heteroatoms. The third-order valence-electron chi connectivity index (χ3n) is 1.96. The van der Waals surface area contributed by atoms with Gasteiger partial charge in [-0.2, -0.15) is 5.26 Å². The van der Waals surface area contributed by atoms with Gasteiger partial charge in [0.25, 0.3) is 0 Å². The quantitative estimate of drug-likeness (QED) is 0.762. The Balaban J connectivity index is 2.06. The van der Waals surface area contributed by atoms with E-state index in [0.29, 0.717) is 5.25 Å². The lowest BCUT2D eigenvalue weighted by Gasteiger charge is -2.08. The summed E-state index contributed by atoms with van der Waals surface area (Å²) < 4.78 is 0. The van der Waals surface area contributed by atoms with E-state index < -0.39 is 0 Å². The minimum Gasteiger partial charge on any atom is -0.193 e. The zero-order chi connectivity index (χ0) is 9.80. The molecule has 1 atom stereocenters. The third kappa shape index (κ3) is 2.14. The molecule has 0 saturated carbocycles. The number of nitrogens with zero attached hydrogens (tertiary/aromatic N) is 1. The van der Waals surface area contributed by atoms with Crippen molar-refractivity contribution in [1.29, 1.82) is 5.26 Å². The molecule has 1 unspecified atom stereocenters. The summed E-state index contributed by atoms with van der Waals surface area (Å²) in [6.07, 6.45) is 0. The maximum absolute atomic E-state index is 8.87. The van der Waals surface area contributed by atoms with Crippen molar-refractivity contribution in [1.82, 2.24) is 0 Å².